The first-order chi connectivity index (χ1) is 21.6. The maximum absolute atomic E-state index is 6.48. The van der Waals surface area contributed by atoms with Crippen LogP contribution in [-0.2, 0) is 14.9 Å². The first-order valence-corrected chi connectivity index (χ1v) is 16.2. The lowest BCUT2D eigenvalue weighted by atomic mass is 9.89. The highest BCUT2D eigenvalue weighted by Crippen LogP contribution is 2.41. The van der Waals surface area contributed by atoms with Gasteiger partial charge in [0.1, 0.15) is 36.2 Å². The van der Waals surface area contributed by atoms with Crippen LogP contribution >= 0.6 is 0 Å². The molecule has 2 saturated heterocycles. The summed E-state index contributed by atoms with van der Waals surface area (Å²) in [7, 11) is 0. The van der Waals surface area contributed by atoms with Crippen LogP contribution in [-0.4, -0.2) is 52.6 Å². The van der Waals surface area contributed by atoms with Crippen LogP contribution in [0.4, 0.5) is 5.69 Å². The van der Waals surface area contributed by atoms with E-state index in [4.69, 9.17) is 18.6 Å². The van der Waals surface area contributed by atoms with E-state index in [1.165, 1.54) is 11.0 Å². The third-order valence-corrected chi connectivity index (χ3v) is 8.57. The van der Waals surface area contributed by atoms with Crippen LogP contribution < -0.4 is 19.6 Å². The average molecular weight is 608 g/mol. The van der Waals surface area contributed by atoms with Crippen LogP contribution in [0.2, 0.25) is 0 Å². The van der Waals surface area contributed by atoms with Gasteiger partial charge in [-0.15, -0.1) is 0 Å². The van der Waals surface area contributed by atoms with Gasteiger partial charge in [-0.05, 0) is 41.5 Å². The molecule has 0 amide bonds. The Labute approximate surface area is 268 Å². The van der Waals surface area contributed by atoms with E-state index >= 15 is 0 Å². The van der Waals surface area contributed by atoms with Crippen molar-refractivity contribution >= 4 is 17.3 Å². The van der Waals surface area contributed by atoms with E-state index in [2.05, 4.69) is 130 Å². The van der Waals surface area contributed by atoms with Crippen molar-refractivity contribution < 1.29 is 18.6 Å². The van der Waals surface area contributed by atoms with Crippen molar-refractivity contribution in [3.05, 3.63) is 101 Å². The van der Waals surface area contributed by atoms with Crippen molar-refractivity contribution in [2.75, 3.05) is 57.5 Å². The Morgan fingerprint density at radius 2 is 1.49 bits per heavy atom. The number of morpholine rings is 2. The zero-order valence-electron chi connectivity index (χ0n) is 27.7. The van der Waals surface area contributed by atoms with E-state index in [-0.39, 0.29) is 10.8 Å². The summed E-state index contributed by atoms with van der Waals surface area (Å²) in [6, 6.07) is 15.3. The molecule has 0 radical (unpaired) electrons. The topological polar surface area (TPSA) is 47.1 Å². The van der Waals surface area contributed by atoms with E-state index in [0.29, 0.717) is 0 Å². The van der Waals surface area contributed by atoms with Crippen molar-refractivity contribution in [1.82, 2.24) is 4.58 Å². The Morgan fingerprint density at radius 3 is 2.22 bits per heavy atom. The van der Waals surface area contributed by atoms with Gasteiger partial charge in [0.05, 0.1) is 19.3 Å². The summed E-state index contributed by atoms with van der Waals surface area (Å²) in [5, 5.41) is 1.18. The van der Waals surface area contributed by atoms with Crippen LogP contribution in [0.25, 0.3) is 23.0 Å². The highest BCUT2D eigenvalue weighted by Gasteiger charge is 2.27. The zero-order valence-corrected chi connectivity index (χ0v) is 27.7. The molecule has 1 aromatic rings. The number of ether oxygens (including phenoxy) is 3. The van der Waals surface area contributed by atoms with E-state index < -0.39 is 0 Å². The first-order valence-electron chi connectivity index (χ1n) is 16.2. The van der Waals surface area contributed by atoms with E-state index in [0.717, 1.165) is 97.9 Å². The second kappa shape index (κ2) is 12.9. The van der Waals surface area contributed by atoms with Crippen molar-refractivity contribution in [3.63, 3.8) is 0 Å². The minimum atomic E-state index is -0.110. The summed E-state index contributed by atoms with van der Waals surface area (Å²) in [6.07, 6.45) is 12.9. The van der Waals surface area contributed by atoms with Crippen LogP contribution in [0.5, 0.6) is 5.75 Å². The molecular weight excluding hydrogens is 560 g/mol. The molecule has 0 spiro atoms. The maximum Gasteiger partial charge on any atom is 0.203 e. The number of nitrogens with zero attached hydrogens (tertiary/aromatic N) is 2. The molecule has 236 valence electrons. The number of hydrogen-bond donors (Lipinski definition) is 0. The third kappa shape index (κ3) is 7.18. The van der Waals surface area contributed by atoms with Crippen LogP contribution in [0.3, 0.4) is 0 Å². The molecule has 6 rings (SSSR count). The summed E-state index contributed by atoms with van der Waals surface area (Å²) >= 11 is 0. The van der Waals surface area contributed by atoms with E-state index in [1.807, 2.05) is 0 Å². The normalized spacial score (nSPS) is 19.0. The SMILES string of the molecule is CC(C)(C)C1=CC(=CC=CC=Cc2cc(C(C)(C)C)oc3cc(=[N+]4CCOCC4)ccc2-3)c2ccc(N3CCOCC3)cc2O1. The highest BCUT2D eigenvalue weighted by molar-refractivity contribution is 5.83. The van der Waals surface area contributed by atoms with Crippen LogP contribution in [0, 0.1) is 5.41 Å². The molecule has 45 heavy (non-hydrogen) atoms. The number of allylic oxidation sites excluding steroid dienone is 7. The Hall–Kier alpha value is -3.87. The van der Waals surface area contributed by atoms with Gasteiger partial charge in [-0.2, -0.15) is 0 Å². The van der Waals surface area contributed by atoms with Crippen LogP contribution in [0.15, 0.2) is 83.0 Å². The molecule has 0 N–H and O–H groups in total. The summed E-state index contributed by atoms with van der Waals surface area (Å²) in [6.45, 7) is 19.8. The number of fused-ring (bicyclic) bond motifs is 2. The number of rotatable bonds is 4. The molecule has 5 aliphatic rings. The molecule has 0 bridgehead atoms. The molecule has 0 unspecified atom stereocenters. The first kappa shape index (κ1) is 31.1. The second-order valence-corrected chi connectivity index (χ2v) is 14.1. The van der Waals surface area contributed by atoms with Gasteiger partial charge < -0.3 is 23.5 Å². The van der Waals surface area contributed by atoms with Crippen molar-refractivity contribution in [1.29, 1.82) is 0 Å². The summed E-state index contributed by atoms with van der Waals surface area (Å²) < 4.78 is 26.4. The molecule has 1 aliphatic carbocycles. The summed E-state index contributed by atoms with van der Waals surface area (Å²) in [5.74, 6) is 3.75. The molecule has 0 aromatic heterocycles. The second-order valence-electron chi connectivity index (χ2n) is 14.1. The monoisotopic (exact) mass is 607 g/mol. The predicted octanol–water partition coefficient (Wildman–Crippen LogP) is 7.30. The molecule has 4 heterocycles. The Balaban J connectivity index is 1.30. The van der Waals surface area contributed by atoms with Gasteiger partial charge in [0.15, 0.2) is 13.1 Å². The molecule has 0 saturated carbocycles. The van der Waals surface area contributed by atoms with Crippen molar-refractivity contribution in [3.8, 4) is 17.1 Å². The van der Waals surface area contributed by atoms with Gasteiger partial charge in [-0.3, -0.25) is 0 Å². The zero-order chi connectivity index (χ0) is 31.6. The average Bonchev–Trinajstić information content (AvgIpc) is 3.03. The van der Waals surface area contributed by atoms with Gasteiger partial charge in [0, 0.05) is 52.9 Å². The standard InChI is InChI=1S/C39H47N2O4/c1-38(2,3)36-24-28(32-14-12-30(26-34(32)44-36)40-16-20-42-21-17-40)10-8-7-9-11-29-25-37(39(4,5)6)45-35-27-31(13-15-33(29)35)41-18-22-43-23-19-41/h7-15,24-27H,16-23H2,1-6H3/q+1. The van der Waals surface area contributed by atoms with Crippen molar-refractivity contribution in [2.24, 2.45) is 5.41 Å². The maximum atomic E-state index is 6.48. The van der Waals surface area contributed by atoms with E-state index in [1.54, 1.807) is 0 Å². The number of benzene rings is 2. The van der Waals surface area contributed by atoms with Crippen LogP contribution in [0.1, 0.15) is 58.4 Å². The third-order valence-electron chi connectivity index (χ3n) is 8.57. The fraction of sp³-hybridized carbons (Fsp3) is 0.410. The summed E-state index contributed by atoms with van der Waals surface area (Å²) in [5.41, 5.74) is 5.47. The quantitative estimate of drug-likeness (QED) is 0.230. The Kier molecular flexibility index (Phi) is 8.89. The lowest BCUT2D eigenvalue weighted by molar-refractivity contribution is 0.0965. The smallest absolute Gasteiger partial charge is 0.203 e. The molecule has 4 aliphatic heterocycles. The largest absolute Gasteiger partial charge is 0.460 e. The molecule has 2 fully saturated rings. The number of anilines is 1. The Morgan fingerprint density at radius 1 is 0.756 bits per heavy atom. The fourth-order valence-corrected chi connectivity index (χ4v) is 5.84. The number of hydrogen-bond acceptors (Lipinski definition) is 5. The molecule has 0 atom stereocenters. The predicted molar refractivity (Wildman–Crippen MR) is 184 cm³/mol. The lowest BCUT2D eigenvalue weighted by Gasteiger charge is -2.32. The summed E-state index contributed by atoms with van der Waals surface area (Å²) in [4.78, 5) is 2.37. The van der Waals surface area contributed by atoms with Crippen molar-refractivity contribution in [2.45, 2.75) is 47.0 Å². The fourth-order valence-electron chi connectivity index (χ4n) is 5.84. The van der Waals surface area contributed by atoms with Gasteiger partial charge in [-0.1, -0.05) is 71.9 Å². The molecule has 6 heteroatoms. The minimum absolute atomic E-state index is 0.110. The van der Waals surface area contributed by atoms with Gasteiger partial charge in [-0.25, -0.2) is 4.58 Å². The minimum Gasteiger partial charge on any atom is -0.460 e. The molecular formula is C39H47N2O4+. The lowest BCUT2D eigenvalue weighted by Crippen LogP contribution is -2.39. The van der Waals surface area contributed by atoms with E-state index in [9.17, 15) is 0 Å². The van der Waals surface area contributed by atoms with Gasteiger partial charge >= 0.3 is 0 Å². The van der Waals surface area contributed by atoms with Gasteiger partial charge in [0.2, 0.25) is 5.36 Å². The molecule has 6 nitrogen and oxygen atoms in total. The molecule has 1 aromatic carbocycles. The van der Waals surface area contributed by atoms with Gasteiger partial charge in [0.25, 0.3) is 0 Å². The highest BCUT2D eigenvalue weighted by atomic mass is 16.5. The Bertz CT molecular complexity index is 1690.